The van der Waals surface area contributed by atoms with Crippen molar-refractivity contribution in [2.75, 3.05) is 43.4 Å². The summed E-state index contributed by atoms with van der Waals surface area (Å²) in [6, 6.07) is 11.6. The van der Waals surface area contributed by atoms with Gasteiger partial charge in [-0.15, -0.1) is 0 Å². The van der Waals surface area contributed by atoms with Gasteiger partial charge in [0.25, 0.3) is 5.91 Å². The molecule has 184 valence electrons. The van der Waals surface area contributed by atoms with Gasteiger partial charge in [0.1, 0.15) is 0 Å². The molecule has 8 nitrogen and oxygen atoms in total. The summed E-state index contributed by atoms with van der Waals surface area (Å²) in [5, 5.41) is 20.0. The maximum Gasteiger partial charge on any atom is 0.490 e. The first kappa shape index (κ1) is 26.9. The number of hydrogen-bond donors (Lipinski definition) is 3. The molecule has 1 saturated heterocycles. The summed E-state index contributed by atoms with van der Waals surface area (Å²) >= 11 is 5.84. The molecule has 2 aromatic carbocycles. The number of amides is 1. The summed E-state index contributed by atoms with van der Waals surface area (Å²) in [4.78, 5) is 37.5. The monoisotopic (exact) mass is 501 g/mol. The highest BCUT2D eigenvalue weighted by atomic mass is 35.5. The molecule has 1 fully saturated rings. The van der Waals surface area contributed by atoms with E-state index in [9.17, 15) is 27.9 Å². The number of anilines is 2. The first-order valence-corrected chi connectivity index (χ1v) is 10.4. The minimum Gasteiger partial charge on any atom is -0.478 e. The van der Waals surface area contributed by atoms with E-state index in [-0.39, 0.29) is 17.2 Å². The maximum absolute atomic E-state index is 12.4. The summed E-state index contributed by atoms with van der Waals surface area (Å²) in [7, 11) is 2.08. The molecule has 0 aliphatic carbocycles. The van der Waals surface area contributed by atoms with E-state index in [4.69, 9.17) is 21.5 Å². The van der Waals surface area contributed by atoms with Crippen LogP contribution in [0.1, 0.15) is 27.1 Å². The number of carbonyl (C=O) groups excluding carboxylic acids is 1. The van der Waals surface area contributed by atoms with E-state index in [1.165, 1.54) is 0 Å². The number of carboxylic acid groups (broad SMARTS) is 2. The Kier molecular flexibility index (Phi) is 9.28. The zero-order chi connectivity index (χ0) is 25.5. The third-order valence-electron chi connectivity index (χ3n) is 4.92. The Morgan fingerprint density at radius 2 is 1.59 bits per heavy atom. The SMILES string of the molecule is CN1CCCN(c2ccc(NC(=O)c3ccc(Cl)cc3)c(C(=O)O)c2)CC1.O=C(O)C(F)(F)F. The van der Waals surface area contributed by atoms with Crippen LogP contribution in [0.25, 0.3) is 0 Å². The van der Waals surface area contributed by atoms with Crippen molar-refractivity contribution < 1.29 is 37.8 Å². The second kappa shape index (κ2) is 11.7. The molecule has 0 unspecified atom stereocenters. The van der Waals surface area contributed by atoms with Gasteiger partial charge in [0, 0.05) is 35.9 Å². The summed E-state index contributed by atoms with van der Waals surface area (Å²) in [5.41, 5.74) is 1.62. The number of likely N-dealkylation sites (N-methyl/N-ethyl adjacent to an activating group) is 1. The molecule has 12 heteroatoms. The van der Waals surface area contributed by atoms with Crippen LogP contribution in [0, 0.1) is 0 Å². The lowest BCUT2D eigenvalue weighted by molar-refractivity contribution is -0.192. The Morgan fingerprint density at radius 3 is 2.15 bits per heavy atom. The average molecular weight is 502 g/mol. The standard InChI is InChI=1S/C20H22ClN3O3.C2HF3O2/c1-23-9-2-10-24(12-11-23)16-7-8-18(17(13-16)20(26)27)22-19(25)14-3-5-15(21)6-4-14;3-2(4,5)1(6)7/h3-8,13H,2,9-12H2,1H3,(H,22,25)(H,26,27);(H,6,7). The predicted molar refractivity (Wildman–Crippen MR) is 121 cm³/mol. The summed E-state index contributed by atoms with van der Waals surface area (Å²) in [5.74, 6) is -4.21. The van der Waals surface area contributed by atoms with Crippen LogP contribution in [0.4, 0.5) is 24.5 Å². The van der Waals surface area contributed by atoms with Gasteiger partial charge in [-0.05, 0) is 62.5 Å². The summed E-state index contributed by atoms with van der Waals surface area (Å²) in [6.07, 6.45) is -4.06. The van der Waals surface area contributed by atoms with Crippen molar-refractivity contribution in [3.05, 3.63) is 58.6 Å². The molecule has 0 aromatic heterocycles. The average Bonchev–Trinajstić information content (AvgIpc) is 2.98. The largest absolute Gasteiger partial charge is 0.490 e. The van der Waals surface area contributed by atoms with Crippen molar-refractivity contribution in [3.63, 3.8) is 0 Å². The van der Waals surface area contributed by atoms with Gasteiger partial charge in [0.05, 0.1) is 11.3 Å². The molecule has 0 radical (unpaired) electrons. The topological polar surface area (TPSA) is 110 Å². The molecule has 1 aliphatic rings. The number of halogens is 4. The Bertz CT molecular complexity index is 1030. The zero-order valence-electron chi connectivity index (χ0n) is 18.1. The van der Waals surface area contributed by atoms with E-state index in [0.29, 0.717) is 10.6 Å². The second-order valence-electron chi connectivity index (χ2n) is 7.44. The van der Waals surface area contributed by atoms with Crippen LogP contribution in [-0.2, 0) is 4.79 Å². The molecule has 34 heavy (non-hydrogen) atoms. The molecule has 0 spiro atoms. The van der Waals surface area contributed by atoms with Crippen molar-refractivity contribution in [1.29, 1.82) is 0 Å². The minimum absolute atomic E-state index is 0.0763. The smallest absolute Gasteiger partial charge is 0.478 e. The first-order valence-electron chi connectivity index (χ1n) is 10.1. The van der Waals surface area contributed by atoms with Crippen molar-refractivity contribution in [3.8, 4) is 0 Å². The fourth-order valence-electron chi connectivity index (χ4n) is 3.12. The van der Waals surface area contributed by atoms with Gasteiger partial charge in [-0.2, -0.15) is 13.2 Å². The molecule has 1 amide bonds. The number of alkyl halides is 3. The first-order chi connectivity index (χ1) is 15.9. The molecule has 0 saturated carbocycles. The summed E-state index contributed by atoms with van der Waals surface area (Å²) in [6.45, 7) is 3.67. The highest BCUT2D eigenvalue weighted by Gasteiger charge is 2.38. The van der Waals surface area contributed by atoms with E-state index in [1.807, 2.05) is 6.07 Å². The third kappa shape index (κ3) is 7.92. The number of aromatic carboxylic acids is 1. The maximum atomic E-state index is 12.4. The van der Waals surface area contributed by atoms with E-state index in [0.717, 1.165) is 38.3 Å². The minimum atomic E-state index is -5.08. The van der Waals surface area contributed by atoms with E-state index in [1.54, 1.807) is 36.4 Å². The van der Waals surface area contributed by atoms with Crippen molar-refractivity contribution in [2.45, 2.75) is 12.6 Å². The van der Waals surface area contributed by atoms with Crippen LogP contribution in [0.15, 0.2) is 42.5 Å². The van der Waals surface area contributed by atoms with Crippen LogP contribution in [-0.4, -0.2) is 72.4 Å². The normalized spacial score (nSPS) is 14.4. The Morgan fingerprint density at radius 1 is 0.971 bits per heavy atom. The second-order valence-corrected chi connectivity index (χ2v) is 7.88. The lowest BCUT2D eigenvalue weighted by Crippen LogP contribution is -2.29. The number of nitrogens with zero attached hydrogens (tertiary/aromatic N) is 2. The highest BCUT2D eigenvalue weighted by Crippen LogP contribution is 2.25. The number of carboxylic acids is 2. The number of aliphatic carboxylic acids is 1. The Hall–Kier alpha value is -3.31. The third-order valence-corrected chi connectivity index (χ3v) is 5.17. The Balaban J connectivity index is 0.000000509. The molecule has 0 atom stereocenters. The zero-order valence-corrected chi connectivity index (χ0v) is 18.9. The molecule has 0 bridgehead atoms. The number of rotatable bonds is 4. The Labute approximate surface area is 198 Å². The van der Waals surface area contributed by atoms with Gasteiger partial charge in [-0.3, -0.25) is 4.79 Å². The molecule has 2 aromatic rings. The van der Waals surface area contributed by atoms with Gasteiger partial charge in [-0.25, -0.2) is 9.59 Å². The van der Waals surface area contributed by atoms with Gasteiger partial charge in [0.2, 0.25) is 0 Å². The van der Waals surface area contributed by atoms with E-state index < -0.39 is 18.1 Å². The number of benzene rings is 2. The quantitative estimate of drug-likeness (QED) is 0.579. The molecule has 3 rings (SSSR count). The van der Waals surface area contributed by atoms with Crippen LogP contribution in [0.2, 0.25) is 5.02 Å². The molecule has 3 N–H and O–H groups in total. The number of carbonyl (C=O) groups is 3. The fourth-order valence-corrected chi connectivity index (χ4v) is 3.24. The van der Waals surface area contributed by atoms with Crippen LogP contribution >= 0.6 is 11.6 Å². The van der Waals surface area contributed by atoms with Crippen LogP contribution in [0.3, 0.4) is 0 Å². The van der Waals surface area contributed by atoms with Crippen molar-refractivity contribution in [1.82, 2.24) is 4.90 Å². The predicted octanol–water partition coefficient (Wildman–Crippen LogP) is 4.07. The van der Waals surface area contributed by atoms with Crippen molar-refractivity contribution in [2.24, 2.45) is 0 Å². The fraction of sp³-hybridized carbons (Fsp3) is 0.318. The lowest BCUT2D eigenvalue weighted by atomic mass is 10.1. The molecule has 1 heterocycles. The van der Waals surface area contributed by atoms with Crippen LogP contribution in [0.5, 0.6) is 0 Å². The molecular weight excluding hydrogens is 479 g/mol. The highest BCUT2D eigenvalue weighted by molar-refractivity contribution is 6.30. The molecular formula is C22H23ClF3N3O5. The number of nitrogens with one attached hydrogen (secondary N) is 1. The van der Waals surface area contributed by atoms with Gasteiger partial charge >= 0.3 is 18.1 Å². The number of hydrogen-bond acceptors (Lipinski definition) is 5. The summed E-state index contributed by atoms with van der Waals surface area (Å²) < 4.78 is 31.7. The lowest BCUT2D eigenvalue weighted by Gasteiger charge is -2.24. The van der Waals surface area contributed by atoms with Crippen LogP contribution < -0.4 is 10.2 Å². The molecule has 1 aliphatic heterocycles. The van der Waals surface area contributed by atoms with E-state index in [2.05, 4.69) is 22.2 Å². The van der Waals surface area contributed by atoms with Gasteiger partial charge in [0.15, 0.2) is 0 Å². The van der Waals surface area contributed by atoms with E-state index >= 15 is 0 Å². The van der Waals surface area contributed by atoms with Crippen molar-refractivity contribution >= 4 is 40.8 Å². The van der Waals surface area contributed by atoms with Gasteiger partial charge in [-0.1, -0.05) is 11.6 Å². The van der Waals surface area contributed by atoms with Gasteiger partial charge < -0.3 is 25.3 Å².